The third-order valence-electron chi connectivity index (χ3n) is 2.98. The molecule has 0 saturated carbocycles. The average Bonchev–Trinajstić information content (AvgIpc) is 2.44. The summed E-state index contributed by atoms with van der Waals surface area (Å²) in [6.45, 7) is 1.20. The average molecular weight is 255 g/mol. The van der Waals surface area contributed by atoms with E-state index >= 15 is 0 Å². The largest absolute Gasteiger partial charge is 0.485 e. The molecule has 5 nitrogen and oxygen atoms in total. The molecule has 1 aliphatic heterocycles. The molecular formula is C14H13N3O2. The lowest BCUT2D eigenvalue weighted by Crippen LogP contribution is -2.56. The molecule has 3 heterocycles. The van der Waals surface area contributed by atoms with Crippen LogP contribution in [0.5, 0.6) is 5.75 Å². The van der Waals surface area contributed by atoms with E-state index in [1.807, 2.05) is 12.1 Å². The van der Waals surface area contributed by atoms with Crippen molar-refractivity contribution in [1.82, 2.24) is 14.9 Å². The summed E-state index contributed by atoms with van der Waals surface area (Å²) in [5.41, 5.74) is 0.613. The van der Waals surface area contributed by atoms with Crippen LogP contribution in [-0.2, 0) is 0 Å². The van der Waals surface area contributed by atoms with E-state index in [0.29, 0.717) is 18.7 Å². The number of carbonyl (C=O) groups is 1. The van der Waals surface area contributed by atoms with Crippen LogP contribution < -0.4 is 4.74 Å². The van der Waals surface area contributed by atoms with Crippen LogP contribution in [0.1, 0.15) is 10.4 Å². The van der Waals surface area contributed by atoms with Crippen molar-refractivity contribution in [2.75, 3.05) is 13.1 Å². The molecule has 0 aromatic carbocycles. The third-order valence-corrected chi connectivity index (χ3v) is 2.98. The summed E-state index contributed by atoms with van der Waals surface area (Å²) < 4.78 is 5.69. The highest BCUT2D eigenvalue weighted by Gasteiger charge is 2.32. The summed E-state index contributed by atoms with van der Waals surface area (Å²) in [5.74, 6) is 0.736. The number of hydrogen-bond acceptors (Lipinski definition) is 4. The number of pyridine rings is 2. The smallest absolute Gasteiger partial charge is 0.255 e. The first-order valence-corrected chi connectivity index (χ1v) is 6.09. The lowest BCUT2D eigenvalue weighted by Gasteiger charge is -2.38. The summed E-state index contributed by atoms with van der Waals surface area (Å²) in [6, 6.07) is 7.21. The number of amides is 1. The fourth-order valence-electron chi connectivity index (χ4n) is 1.96. The summed E-state index contributed by atoms with van der Waals surface area (Å²) in [7, 11) is 0. The van der Waals surface area contributed by atoms with Crippen LogP contribution in [0.4, 0.5) is 0 Å². The van der Waals surface area contributed by atoms with Crippen LogP contribution in [0.25, 0.3) is 0 Å². The lowest BCUT2D eigenvalue weighted by molar-refractivity contribution is 0.0176. The van der Waals surface area contributed by atoms with Crippen molar-refractivity contribution in [3.05, 3.63) is 54.6 Å². The van der Waals surface area contributed by atoms with Crippen molar-refractivity contribution >= 4 is 5.91 Å². The van der Waals surface area contributed by atoms with E-state index in [1.165, 1.54) is 0 Å². The topological polar surface area (TPSA) is 55.3 Å². The van der Waals surface area contributed by atoms with Gasteiger partial charge in [-0.2, -0.15) is 0 Å². The third kappa shape index (κ3) is 2.54. The van der Waals surface area contributed by atoms with Gasteiger partial charge in [0.15, 0.2) is 0 Å². The minimum atomic E-state index is -0.000799. The number of rotatable bonds is 3. The molecule has 0 unspecified atom stereocenters. The molecule has 1 fully saturated rings. The zero-order valence-corrected chi connectivity index (χ0v) is 10.3. The second-order valence-corrected chi connectivity index (χ2v) is 4.38. The molecule has 3 rings (SSSR count). The summed E-state index contributed by atoms with van der Waals surface area (Å²) in [5, 5.41) is 0. The second-order valence-electron chi connectivity index (χ2n) is 4.38. The summed E-state index contributed by atoms with van der Waals surface area (Å²) in [4.78, 5) is 21.7. The van der Waals surface area contributed by atoms with Gasteiger partial charge in [0.25, 0.3) is 5.91 Å². The Labute approximate surface area is 110 Å². The SMILES string of the molecule is O=C(c1cccnc1)N1CC(Oc2cccnc2)C1. The van der Waals surface area contributed by atoms with Gasteiger partial charge < -0.3 is 9.64 Å². The van der Waals surface area contributed by atoms with Crippen molar-refractivity contribution in [3.8, 4) is 5.75 Å². The lowest BCUT2D eigenvalue weighted by atomic mass is 10.1. The second kappa shape index (κ2) is 5.06. The molecule has 1 amide bonds. The highest BCUT2D eigenvalue weighted by atomic mass is 16.5. The van der Waals surface area contributed by atoms with Crippen LogP contribution in [0.3, 0.4) is 0 Å². The van der Waals surface area contributed by atoms with Gasteiger partial charge in [0.05, 0.1) is 24.8 Å². The highest BCUT2D eigenvalue weighted by molar-refractivity contribution is 5.94. The van der Waals surface area contributed by atoms with E-state index < -0.39 is 0 Å². The predicted octanol–water partition coefficient (Wildman–Crippen LogP) is 1.38. The van der Waals surface area contributed by atoms with Crippen LogP contribution >= 0.6 is 0 Å². The fourth-order valence-corrected chi connectivity index (χ4v) is 1.96. The number of likely N-dealkylation sites (tertiary alicyclic amines) is 1. The van der Waals surface area contributed by atoms with Crippen LogP contribution in [-0.4, -0.2) is 40.0 Å². The molecule has 0 spiro atoms. The van der Waals surface area contributed by atoms with Gasteiger partial charge in [-0.1, -0.05) is 0 Å². The van der Waals surface area contributed by atoms with Crippen molar-refractivity contribution in [3.63, 3.8) is 0 Å². The molecular weight excluding hydrogens is 242 g/mol. The van der Waals surface area contributed by atoms with Crippen molar-refractivity contribution < 1.29 is 9.53 Å². The van der Waals surface area contributed by atoms with Crippen molar-refractivity contribution in [2.45, 2.75) is 6.10 Å². The molecule has 0 aliphatic carbocycles. The van der Waals surface area contributed by atoms with Gasteiger partial charge in [-0.05, 0) is 24.3 Å². The van der Waals surface area contributed by atoms with Gasteiger partial charge in [-0.15, -0.1) is 0 Å². The van der Waals surface area contributed by atoms with Crippen LogP contribution in [0.15, 0.2) is 49.1 Å². The molecule has 1 aliphatic rings. The van der Waals surface area contributed by atoms with Crippen LogP contribution in [0.2, 0.25) is 0 Å². The molecule has 1 saturated heterocycles. The quantitative estimate of drug-likeness (QED) is 0.831. The van der Waals surface area contributed by atoms with E-state index in [4.69, 9.17) is 4.74 Å². The number of nitrogens with zero attached hydrogens (tertiary/aromatic N) is 3. The first-order chi connectivity index (χ1) is 9.33. The van der Waals surface area contributed by atoms with E-state index in [2.05, 4.69) is 9.97 Å². The standard InChI is InChI=1S/C14H13N3O2/c18-14(11-3-1-5-15-7-11)17-9-13(10-17)19-12-4-2-6-16-8-12/h1-8,13H,9-10H2. The Hall–Kier alpha value is -2.43. The number of aromatic nitrogens is 2. The Bertz CT molecular complexity index is 553. The zero-order valence-electron chi connectivity index (χ0n) is 10.3. The summed E-state index contributed by atoms with van der Waals surface area (Å²) in [6.07, 6.45) is 6.65. The first-order valence-electron chi connectivity index (χ1n) is 6.09. The van der Waals surface area contributed by atoms with Gasteiger partial charge in [0.1, 0.15) is 11.9 Å². The Morgan fingerprint density at radius 1 is 1.16 bits per heavy atom. The monoisotopic (exact) mass is 255 g/mol. The molecule has 0 radical (unpaired) electrons. The van der Waals surface area contributed by atoms with E-state index in [0.717, 1.165) is 5.75 Å². The van der Waals surface area contributed by atoms with E-state index in [-0.39, 0.29) is 12.0 Å². The number of carbonyl (C=O) groups excluding carboxylic acids is 1. The Morgan fingerprint density at radius 3 is 2.53 bits per heavy atom. The maximum atomic E-state index is 12.0. The van der Waals surface area contributed by atoms with Crippen molar-refractivity contribution in [1.29, 1.82) is 0 Å². The molecule has 19 heavy (non-hydrogen) atoms. The minimum Gasteiger partial charge on any atom is -0.485 e. The maximum Gasteiger partial charge on any atom is 0.255 e. The Kier molecular flexibility index (Phi) is 3.10. The van der Waals surface area contributed by atoms with Crippen molar-refractivity contribution in [2.24, 2.45) is 0 Å². The summed E-state index contributed by atoms with van der Waals surface area (Å²) >= 11 is 0. The van der Waals surface area contributed by atoms with Crippen LogP contribution in [0, 0.1) is 0 Å². The van der Waals surface area contributed by atoms with Gasteiger partial charge in [0, 0.05) is 18.6 Å². The number of ether oxygens (including phenoxy) is 1. The molecule has 0 N–H and O–H groups in total. The molecule has 5 heteroatoms. The maximum absolute atomic E-state index is 12.0. The predicted molar refractivity (Wildman–Crippen MR) is 68.8 cm³/mol. The Morgan fingerprint density at radius 2 is 1.89 bits per heavy atom. The molecule has 0 atom stereocenters. The minimum absolute atomic E-state index is 0.000799. The van der Waals surface area contributed by atoms with Gasteiger partial charge in [-0.25, -0.2) is 0 Å². The Balaban J connectivity index is 1.54. The molecule has 2 aromatic heterocycles. The normalized spacial score (nSPS) is 14.8. The molecule has 0 bridgehead atoms. The van der Waals surface area contributed by atoms with E-state index in [1.54, 1.807) is 41.8 Å². The molecule has 96 valence electrons. The highest BCUT2D eigenvalue weighted by Crippen LogP contribution is 2.18. The fraction of sp³-hybridized carbons (Fsp3) is 0.214. The van der Waals surface area contributed by atoms with Gasteiger partial charge >= 0.3 is 0 Å². The van der Waals surface area contributed by atoms with E-state index in [9.17, 15) is 4.79 Å². The van der Waals surface area contributed by atoms with Gasteiger partial charge in [-0.3, -0.25) is 14.8 Å². The molecule has 2 aromatic rings. The first kappa shape index (κ1) is 11.6. The number of hydrogen-bond donors (Lipinski definition) is 0. The van der Waals surface area contributed by atoms with Gasteiger partial charge in [0.2, 0.25) is 0 Å². The zero-order chi connectivity index (χ0) is 13.1.